The highest BCUT2D eigenvalue weighted by atomic mass is 32.2. The van der Waals surface area contributed by atoms with E-state index >= 15 is 9.59 Å². The Balaban J connectivity index is 1.23. The van der Waals surface area contributed by atoms with Crippen molar-refractivity contribution in [3.05, 3.63) is 59.8 Å². The van der Waals surface area contributed by atoms with Crippen LogP contribution in [0.15, 0.2) is 48.5 Å². The molecule has 3 aliphatic carbocycles. The molecule has 0 spiro atoms. The smallest absolute Gasteiger partial charge is 0.408 e. The van der Waals surface area contributed by atoms with Crippen LogP contribution in [0.25, 0.3) is 11.0 Å². The number of carbonyl (C=O) groups is 4. The summed E-state index contributed by atoms with van der Waals surface area (Å²) in [4.78, 5) is 68.9. The number of alkyl halides is 2. The second-order valence-corrected chi connectivity index (χ2v) is 21.4. The summed E-state index contributed by atoms with van der Waals surface area (Å²) in [5, 5.41) is 5.34. The van der Waals surface area contributed by atoms with Crippen LogP contribution in [-0.2, 0) is 42.0 Å². The van der Waals surface area contributed by atoms with Gasteiger partial charge in [0.1, 0.15) is 41.3 Å². The number of hydrogen-bond donors (Lipinski definition) is 3. The van der Waals surface area contributed by atoms with Gasteiger partial charge in [-0.3, -0.25) is 19.1 Å². The van der Waals surface area contributed by atoms with Crippen molar-refractivity contribution in [3.8, 4) is 11.6 Å². The molecule has 5 aliphatic rings. The molecule has 0 radical (unpaired) electrons. The van der Waals surface area contributed by atoms with E-state index in [-0.39, 0.29) is 43.7 Å². The molecule has 8 rings (SSSR count). The van der Waals surface area contributed by atoms with Gasteiger partial charge in [-0.1, -0.05) is 63.9 Å². The van der Waals surface area contributed by atoms with Crippen molar-refractivity contribution in [1.82, 2.24) is 30.2 Å². The number of methoxy groups -OCH3 is 1. The maximum absolute atomic E-state index is 15.2. The Labute approximate surface area is 365 Å². The van der Waals surface area contributed by atoms with Crippen LogP contribution in [0.5, 0.6) is 11.6 Å². The van der Waals surface area contributed by atoms with E-state index in [0.717, 1.165) is 31.2 Å². The normalized spacial score (nSPS) is 29.5. The summed E-state index contributed by atoms with van der Waals surface area (Å²) in [6.07, 6.45) is -0.397. The van der Waals surface area contributed by atoms with Gasteiger partial charge >= 0.3 is 6.09 Å². The zero-order valence-electron chi connectivity index (χ0n) is 36.2. The number of nitrogens with one attached hydrogen (secondary N) is 3. The molecule has 3 N–H and O–H groups in total. The third-order valence-corrected chi connectivity index (χ3v) is 15.7. The second kappa shape index (κ2) is 16.8. The van der Waals surface area contributed by atoms with E-state index in [0.29, 0.717) is 35.3 Å². The lowest BCUT2D eigenvalue weighted by atomic mass is 9.85. The summed E-state index contributed by atoms with van der Waals surface area (Å²) in [6, 6.07) is 11.8. The number of sulfonamides is 1. The average Bonchev–Trinajstić information content (AvgIpc) is 4.18. The Bertz CT molecular complexity index is 2380. The number of nitrogens with zero attached hydrogens (tertiary/aromatic N) is 3. The van der Waals surface area contributed by atoms with Gasteiger partial charge < -0.3 is 29.7 Å². The van der Waals surface area contributed by atoms with E-state index in [2.05, 4.69) is 10.6 Å². The lowest BCUT2D eigenvalue weighted by molar-refractivity contribution is -0.144. The Morgan fingerprint density at radius 1 is 1.02 bits per heavy atom. The topological polar surface area (TPSA) is 195 Å². The van der Waals surface area contributed by atoms with Gasteiger partial charge in [0, 0.05) is 12.0 Å². The summed E-state index contributed by atoms with van der Waals surface area (Å²) in [5.41, 5.74) is -0.788. The van der Waals surface area contributed by atoms with Gasteiger partial charge in [-0.2, -0.15) is 0 Å². The molecule has 1 saturated heterocycles. The van der Waals surface area contributed by atoms with Gasteiger partial charge in [0.2, 0.25) is 34.1 Å². The molecule has 3 heterocycles. The van der Waals surface area contributed by atoms with Crippen LogP contribution >= 0.6 is 0 Å². The third kappa shape index (κ3) is 9.14. The summed E-state index contributed by atoms with van der Waals surface area (Å²) < 4.78 is 74.5. The van der Waals surface area contributed by atoms with Crippen LogP contribution in [-0.4, -0.2) is 102 Å². The molecule has 3 saturated carbocycles. The Morgan fingerprint density at radius 2 is 1.76 bits per heavy atom. The molecule has 2 bridgehead atoms. The molecule has 1 aromatic heterocycles. The molecule has 4 fully saturated rings. The number of benzene rings is 2. The van der Waals surface area contributed by atoms with E-state index in [1.807, 2.05) is 41.1 Å². The van der Waals surface area contributed by atoms with Crippen molar-refractivity contribution >= 4 is 44.9 Å². The minimum absolute atomic E-state index is 0.139. The second-order valence-electron chi connectivity index (χ2n) is 19.2. The first-order valence-corrected chi connectivity index (χ1v) is 23.3. The Hall–Kier alpha value is -5.13. The summed E-state index contributed by atoms with van der Waals surface area (Å²) >= 11 is 0. The van der Waals surface area contributed by atoms with Crippen LogP contribution in [0.3, 0.4) is 0 Å². The fourth-order valence-electron chi connectivity index (χ4n) is 9.05. The fourth-order valence-corrected chi connectivity index (χ4v) is 10.4. The first-order valence-electron chi connectivity index (χ1n) is 21.8. The molecule has 4 amide bonds. The fraction of sp³-hybridized carbons (Fsp3) is 0.600. The number of hydrogen-bond acceptors (Lipinski definition) is 11. The molecule has 2 aliphatic heterocycles. The van der Waals surface area contributed by atoms with Crippen molar-refractivity contribution in [3.63, 3.8) is 0 Å². The molecule has 3 aromatic rings. The summed E-state index contributed by atoms with van der Waals surface area (Å²) in [6.45, 7) is 6.50. The number of ether oxygens (including phenoxy) is 3. The maximum atomic E-state index is 15.2. The maximum Gasteiger partial charge on any atom is 0.408 e. The molecule has 1 unspecified atom stereocenters. The minimum Gasteiger partial charge on any atom is -0.497 e. The van der Waals surface area contributed by atoms with Crippen LogP contribution in [0.1, 0.15) is 90.3 Å². The number of fused-ring (bicyclic) bond motifs is 5. The van der Waals surface area contributed by atoms with Gasteiger partial charge in [-0.15, -0.1) is 0 Å². The van der Waals surface area contributed by atoms with Crippen molar-refractivity contribution in [2.45, 2.75) is 133 Å². The number of alkyl carbamates (subject to hydrolysis) is 1. The monoisotopic (exact) mass is 894 g/mol. The molecule has 340 valence electrons. The number of rotatable bonds is 9. The molecule has 15 nitrogen and oxygen atoms in total. The highest BCUT2D eigenvalue weighted by molar-refractivity contribution is 7.91. The van der Waals surface area contributed by atoms with Crippen LogP contribution < -0.4 is 24.8 Å². The van der Waals surface area contributed by atoms with Gasteiger partial charge in [0.05, 0.1) is 35.4 Å². The number of aryl methyl sites for hydroxylation is 1. The molecule has 8 atom stereocenters. The van der Waals surface area contributed by atoms with Gasteiger partial charge in [0.15, 0.2) is 0 Å². The SMILES string of the molecule is COc1ccc2nc3c(nc2c1)O[C@H]1CN(C(=O)[C@H](C(C)(C)C)NC(=O)O[C@@H]2C[C@H]2CCCCC3)[C@H](C(=O)N[C@]2(C(=O)NS(=O)(=O)C3(C)CC3)CC2C(F)F)[C@@H]1Cc1ccccc1. The van der Waals surface area contributed by atoms with Gasteiger partial charge in [-0.05, 0) is 87.3 Å². The van der Waals surface area contributed by atoms with Crippen molar-refractivity contribution in [1.29, 1.82) is 0 Å². The standard InChI is InChI=1S/C45H56F2N6O9S/c1-43(2,3)36-40(55)53-24-34(61-39-31(48-30-17-16-27(60-5)22-32(30)49-39)15-11-7-10-14-26-21-33(26)62-42(57)50-36)28(20-25-12-8-6-9-13-25)35(53)38(54)51-45(23-29(45)37(46)47)41(56)52-63(58,59)44(4)18-19-44/h6,8-9,12-13,16-17,22,26,28-29,33-37H,7,10-11,14-15,18-21,23-24H2,1-5H3,(H,50,57)(H,51,54)(H,52,56)/t26-,28-,29?,33-,34+,35+,36-,45-/m1/s1. The average molecular weight is 895 g/mol. The first-order chi connectivity index (χ1) is 29.8. The summed E-state index contributed by atoms with van der Waals surface area (Å²) in [5.74, 6) is -4.57. The lowest BCUT2D eigenvalue weighted by Gasteiger charge is -2.36. The van der Waals surface area contributed by atoms with Crippen molar-refractivity contribution < 1.29 is 50.6 Å². The van der Waals surface area contributed by atoms with Gasteiger partial charge in [-0.25, -0.2) is 32.0 Å². The largest absolute Gasteiger partial charge is 0.497 e. The first kappa shape index (κ1) is 44.5. The number of aromatic nitrogens is 2. The van der Waals surface area contributed by atoms with Crippen molar-refractivity contribution in [2.75, 3.05) is 13.7 Å². The van der Waals surface area contributed by atoms with E-state index in [4.69, 9.17) is 24.2 Å². The molecule has 2 aromatic carbocycles. The van der Waals surface area contributed by atoms with Crippen LogP contribution in [0, 0.1) is 23.2 Å². The molecular weight excluding hydrogens is 839 g/mol. The predicted octanol–water partition coefficient (Wildman–Crippen LogP) is 5.24. The van der Waals surface area contributed by atoms with Crippen LogP contribution in [0.4, 0.5) is 13.6 Å². The van der Waals surface area contributed by atoms with E-state index in [1.165, 1.54) is 18.9 Å². The Morgan fingerprint density at radius 3 is 2.43 bits per heavy atom. The van der Waals surface area contributed by atoms with E-state index < -0.39 is 92.4 Å². The number of amides is 4. The third-order valence-electron chi connectivity index (χ3n) is 13.5. The molecule has 63 heavy (non-hydrogen) atoms. The number of halogens is 2. The zero-order valence-corrected chi connectivity index (χ0v) is 37.0. The van der Waals surface area contributed by atoms with Crippen molar-refractivity contribution in [2.24, 2.45) is 23.2 Å². The van der Waals surface area contributed by atoms with E-state index in [1.54, 1.807) is 32.9 Å². The zero-order chi connectivity index (χ0) is 45.1. The summed E-state index contributed by atoms with van der Waals surface area (Å²) in [7, 11) is -2.74. The molecular formula is C45H56F2N6O9S. The van der Waals surface area contributed by atoms with Gasteiger partial charge in [0.25, 0.3) is 5.91 Å². The lowest BCUT2D eigenvalue weighted by Crippen LogP contribution is -2.61. The molecule has 18 heteroatoms. The highest BCUT2D eigenvalue weighted by Gasteiger charge is 2.68. The van der Waals surface area contributed by atoms with E-state index in [9.17, 15) is 26.8 Å². The predicted molar refractivity (Wildman–Crippen MR) is 226 cm³/mol. The minimum atomic E-state index is -4.28. The highest BCUT2D eigenvalue weighted by Crippen LogP contribution is 2.50. The Kier molecular flexibility index (Phi) is 11.8. The quantitative estimate of drug-likeness (QED) is 0.254. The van der Waals surface area contributed by atoms with Crippen LogP contribution in [0.2, 0.25) is 0 Å². The number of carbonyl (C=O) groups excluding carboxylic acids is 4.